The van der Waals surface area contributed by atoms with Crippen LogP contribution in [0, 0.1) is 0 Å². The van der Waals surface area contributed by atoms with Gasteiger partial charge in [0.2, 0.25) is 0 Å². The lowest BCUT2D eigenvalue weighted by Gasteiger charge is -2.17. The van der Waals surface area contributed by atoms with Crippen molar-refractivity contribution in [3.05, 3.63) is 42.0 Å². The molecule has 2 heteroatoms. The normalized spacial score (nSPS) is 17.8. The van der Waals surface area contributed by atoms with Gasteiger partial charge in [0.15, 0.2) is 0 Å². The maximum Gasteiger partial charge on any atom is 0.119 e. The maximum absolute atomic E-state index is 5.22. The summed E-state index contributed by atoms with van der Waals surface area (Å²) in [5.41, 5.74) is 6.40. The molecule has 1 aliphatic rings. The van der Waals surface area contributed by atoms with E-state index in [2.05, 4.69) is 37.3 Å². The highest BCUT2D eigenvalue weighted by molar-refractivity contribution is 5.33. The summed E-state index contributed by atoms with van der Waals surface area (Å²) in [6.07, 6.45) is 9.51. The van der Waals surface area contributed by atoms with Gasteiger partial charge in [0.05, 0.1) is 7.11 Å². The number of ether oxygens (including phenoxy) is 1. The molecule has 0 spiro atoms. The van der Waals surface area contributed by atoms with Gasteiger partial charge >= 0.3 is 0 Å². The Balaban J connectivity index is 0.000000357. The Bertz CT molecular complexity index is 358. The van der Waals surface area contributed by atoms with Gasteiger partial charge in [-0.3, -0.25) is 0 Å². The van der Waals surface area contributed by atoms with Crippen molar-refractivity contribution in [1.29, 1.82) is 0 Å². The highest BCUT2D eigenvalue weighted by Crippen LogP contribution is 2.29. The van der Waals surface area contributed by atoms with Crippen LogP contribution in [-0.4, -0.2) is 13.7 Å². The molecular weight excluding hydrogens is 222 g/mol. The Morgan fingerprint density at radius 1 is 1.39 bits per heavy atom. The van der Waals surface area contributed by atoms with Crippen molar-refractivity contribution in [1.82, 2.24) is 0 Å². The molecule has 1 aliphatic carbocycles. The maximum atomic E-state index is 5.22. The zero-order valence-corrected chi connectivity index (χ0v) is 11.6. The van der Waals surface area contributed by atoms with Crippen LogP contribution in [0.5, 0.6) is 5.75 Å². The van der Waals surface area contributed by atoms with Crippen LogP contribution in [0.3, 0.4) is 0 Å². The average Bonchev–Trinajstić information content (AvgIpc) is 2.48. The van der Waals surface area contributed by atoms with E-state index in [0.29, 0.717) is 5.92 Å². The first-order valence-electron chi connectivity index (χ1n) is 6.82. The molecule has 0 amide bonds. The van der Waals surface area contributed by atoms with E-state index in [0.717, 1.165) is 18.7 Å². The van der Waals surface area contributed by atoms with Gasteiger partial charge < -0.3 is 10.5 Å². The number of nitrogens with two attached hydrogens (primary N) is 1. The molecule has 100 valence electrons. The minimum atomic E-state index is 0.596. The molecule has 0 aliphatic heterocycles. The molecule has 1 aromatic rings. The Hall–Kier alpha value is -1.28. The first-order chi connectivity index (χ1) is 8.81. The van der Waals surface area contributed by atoms with Crippen LogP contribution < -0.4 is 10.5 Å². The lowest BCUT2D eigenvalue weighted by Crippen LogP contribution is -1.99. The SMILES string of the molecule is CCCN.COc1cccc(C2C=CCCC2)c1. The van der Waals surface area contributed by atoms with Gasteiger partial charge in [-0.1, -0.05) is 31.2 Å². The van der Waals surface area contributed by atoms with Crippen LogP contribution in [0.15, 0.2) is 36.4 Å². The summed E-state index contributed by atoms with van der Waals surface area (Å²) in [7, 11) is 1.72. The van der Waals surface area contributed by atoms with Crippen molar-refractivity contribution in [2.75, 3.05) is 13.7 Å². The molecule has 2 rings (SSSR count). The first-order valence-corrected chi connectivity index (χ1v) is 6.82. The van der Waals surface area contributed by atoms with Crippen LogP contribution in [0.2, 0.25) is 0 Å². The topological polar surface area (TPSA) is 35.2 Å². The van der Waals surface area contributed by atoms with E-state index in [1.807, 2.05) is 6.07 Å². The van der Waals surface area contributed by atoms with Gasteiger partial charge in [-0.2, -0.15) is 0 Å². The molecule has 2 N–H and O–H groups in total. The molecule has 1 atom stereocenters. The minimum Gasteiger partial charge on any atom is -0.497 e. The molecule has 1 unspecified atom stereocenters. The third-order valence-electron chi connectivity index (χ3n) is 3.06. The smallest absolute Gasteiger partial charge is 0.119 e. The van der Waals surface area contributed by atoms with E-state index in [1.165, 1.54) is 24.8 Å². The molecule has 18 heavy (non-hydrogen) atoms. The largest absolute Gasteiger partial charge is 0.497 e. The second kappa shape index (κ2) is 8.76. The van der Waals surface area contributed by atoms with E-state index in [4.69, 9.17) is 10.5 Å². The predicted molar refractivity (Wildman–Crippen MR) is 78.1 cm³/mol. The summed E-state index contributed by atoms with van der Waals surface area (Å²) < 4.78 is 5.22. The van der Waals surface area contributed by atoms with Gasteiger partial charge in [-0.05, 0) is 49.9 Å². The highest BCUT2D eigenvalue weighted by Gasteiger charge is 2.10. The molecule has 0 saturated carbocycles. The number of hydrogen-bond acceptors (Lipinski definition) is 2. The molecule has 0 bridgehead atoms. The average molecular weight is 247 g/mol. The quantitative estimate of drug-likeness (QED) is 0.823. The van der Waals surface area contributed by atoms with Crippen LogP contribution >= 0.6 is 0 Å². The van der Waals surface area contributed by atoms with Gasteiger partial charge in [-0.15, -0.1) is 0 Å². The Morgan fingerprint density at radius 2 is 2.17 bits per heavy atom. The molecule has 1 aromatic carbocycles. The summed E-state index contributed by atoms with van der Waals surface area (Å²) >= 11 is 0. The Kier molecular flexibility index (Phi) is 7.19. The summed E-state index contributed by atoms with van der Waals surface area (Å²) in [4.78, 5) is 0. The zero-order valence-electron chi connectivity index (χ0n) is 11.6. The molecule has 0 heterocycles. The molecule has 2 nitrogen and oxygen atoms in total. The molecule has 0 aromatic heterocycles. The van der Waals surface area contributed by atoms with Crippen molar-refractivity contribution in [2.45, 2.75) is 38.5 Å². The van der Waals surface area contributed by atoms with E-state index in [9.17, 15) is 0 Å². The molecular formula is C16H25NO. The fraction of sp³-hybridized carbons (Fsp3) is 0.500. The van der Waals surface area contributed by atoms with Crippen molar-refractivity contribution in [3.8, 4) is 5.75 Å². The first kappa shape index (κ1) is 14.8. The molecule has 0 saturated heterocycles. The van der Waals surface area contributed by atoms with Gasteiger partial charge in [0, 0.05) is 5.92 Å². The minimum absolute atomic E-state index is 0.596. The summed E-state index contributed by atoms with van der Waals surface area (Å²) in [5.74, 6) is 1.56. The second-order valence-corrected chi connectivity index (χ2v) is 4.53. The fourth-order valence-electron chi connectivity index (χ4n) is 1.96. The highest BCUT2D eigenvalue weighted by atomic mass is 16.5. The monoisotopic (exact) mass is 247 g/mol. The summed E-state index contributed by atoms with van der Waals surface area (Å²) in [5, 5.41) is 0. The Morgan fingerprint density at radius 3 is 2.72 bits per heavy atom. The number of benzene rings is 1. The van der Waals surface area contributed by atoms with E-state index < -0.39 is 0 Å². The van der Waals surface area contributed by atoms with E-state index >= 15 is 0 Å². The summed E-state index contributed by atoms with van der Waals surface area (Å²) in [6, 6.07) is 8.38. The molecule has 0 radical (unpaired) electrons. The van der Waals surface area contributed by atoms with Crippen LogP contribution in [0.4, 0.5) is 0 Å². The lowest BCUT2D eigenvalue weighted by atomic mass is 9.89. The van der Waals surface area contributed by atoms with Crippen molar-refractivity contribution < 1.29 is 4.74 Å². The van der Waals surface area contributed by atoms with Crippen LogP contribution in [0.1, 0.15) is 44.1 Å². The van der Waals surface area contributed by atoms with Gasteiger partial charge in [0.1, 0.15) is 5.75 Å². The van der Waals surface area contributed by atoms with Gasteiger partial charge in [0.25, 0.3) is 0 Å². The van der Waals surface area contributed by atoms with E-state index in [1.54, 1.807) is 7.11 Å². The third-order valence-corrected chi connectivity index (χ3v) is 3.06. The number of rotatable bonds is 3. The van der Waals surface area contributed by atoms with Crippen LogP contribution in [-0.2, 0) is 0 Å². The predicted octanol–water partition coefficient (Wildman–Crippen LogP) is 3.87. The number of methoxy groups -OCH3 is 1. The van der Waals surface area contributed by atoms with E-state index in [-0.39, 0.29) is 0 Å². The molecule has 0 fully saturated rings. The zero-order chi connectivity index (χ0) is 13.2. The third kappa shape index (κ3) is 4.92. The van der Waals surface area contributed by atoms with Crippen molar-refractivity contribution in [2.24, 2.45) is 5.73 Å². The standard InChI is InChI=1S/C13H16O.C3H9N/c1-14-13-9-5-8-12(10-13)11-6-3-2-4-7-11;1-2-3-4/h3,5-6,8-11H,2,4,7H2,1H3;2-4H2,1H3. The van der Waals surface area contributed by atoms with Crippen molar-refractivity contribution >= 4 is 0 Å². The summed E-state index contributed by atoms with van der Waals surface area (Å²) in [6.45, 7) is 2.88. The fourth-order valence-corrected chi connectivity index (χ4v) is 1.96. The van der Waals surface area contributed by atoms with Crippen molar-refractivity contribution in [3.63, 3.8) is 0 Å². The van der Waals surface area contributed by atoms with Gasteiger partial charge in [-0.25, -0.2) is 0 Å². The van der Waals surface area contributed by atoms with Crippen LogP contribution in [0.25, 0.3) is 0 Å². The number of allylic oxidation sites excluding steroid dienone is 2. The second-order valence-electron chi connectivity index (χ2n) is 4.53. The Labute approximate surface area is 111 Å². The number of hydrogen-bond donors (Lipinski definition) is 1. The lowest BCUT2D eigenvalue weighted by molar-refractivity contribution is 0.414.